The highest BCUT2D eigenvalue weighted by atomic mass is 16.1. The van der Waals surface area contributed by atoms with Crippen molar-refractivity contribution in [1.82, 2.24) is 0 Å². The van der Waals surface area contributed by atoms with Crippen molar-refractivity contribution in [2.45, 2.75) is 46.0 Å². The van der Waals surface area contributed by atoms with E-state index in [1.807, 2.05) is 36.4 Å². The molecule has 1 saturated heterocycles. The molecular weight excluding hydrogens is 320 g/mol. The van der Waals surface area contributed by atoms with Crippen molar-refractivity contribution in [3.63, 3.8) is 0 Å². The fourth-order valence-electron chi connectivity index (χ4n) is 3.35. The Morgan fingerprint density at radius 2 is 1.54 bits per heavy atom. The number of hydrogen-bond acceptors (Lipinski definition) is 2. The Kier molecular flexibility index (Phi) is 5.36. The van der Waals surface area contributed by atoms with Crippen molar-refractivity contribution in [2.24, 2.45) is 5.92 Å². The van der Waals surface area contributed by atoms with Gasteiger partial charge in [-0.15, -0.1) is 0 Å². The Morgan fingerprint density at radius 1 is 0.962 bits per heavy atom. The minimum absolute atomic E-state index is 0.0648. The van der Waals surface area contributed by atoms with Gasteiger partial charge in [0, 0.05) is 30.0 Å². The molecule has 1 amide bonds. The summed E-state index contributed by atoms with van der Waals surface area (Å²) in [7, 11) is 0. The normalized spacial score (nSPS) is 15.8. The molecule has 0 unspecified atom stereocenters. The molecule has 1 aliphatic heterocycles. The smallest absolute Gasteiger partial charge is 0.255 e. The van der Waals surface area contributed by atoms with E-state index in [2.05, 4.69) is 50.0 Å². The molecule has 0 spiro atoms. The lowest BCUT2D eigenvalue weighted by atomic mass is 9.87. The van der Waals surface area contributed by atoms with Crippen LogP contribution in [0, 0.1) is 5.92 Å². The van der Waals surface area contributed by atoms with Crippen molar-refractivity contribution in [1.29, 1.82) is 0 Å². The third kappa shape index (κ3) is 4.46. The third-order valence-corrected chi connectivity index (χ3v) is 5.29. The second-order valence-corrected chi connectivity index (χ2v) is 8.50. The molecule has 138 valence electrons. The SMILES string of the molecule is CC1CCN(c2ccc(NC(=O)c3ccc(C(C)(C)C)cc3)cc2)CC1. The Balaban J connectivity index is 1.62. The molecule has 0 bridgehead atoms. The van der Waals surface area contributed by atoms with Crippen LogP contribution in [0.15, 0.2) is 48.5 Å². The summed E-state index contributed by atoms with van der Waals surface area (Å²) in [5.74, 6) is 0.763. The first-order chi connectivity index (χ1) is 12.3. The van der Waals surface area contributed by atoms with Gasteiger partial charge in [0.05, 0.1) is 0 Å². The number of hydrogen-bond donors (Lipinski definition) is 1. The lowest BCUT2D eigenvalue weighted by Gasteiger charge is -2.32. The fourth-order valence-corrected chi connectivity index (χ4v) is 3.35. The number of rotatable bonds is 3. The Bertz CT molecular complexity index is 733. The molecule has 2 aromatic rings. The highest BCUT2D eigenvalue weighted by molar-refractivity contribution is 6.04. The van der Waals surface area contributed by atoms with E-state index < -0.39 is 0 Å². The fraction of sp³-hybridized carbons (Fsp3) is 0.435. The molecule has 1 aliphatic rings. The molecule has 1 fully saturated rings. The lowest BCUT2D eigenvalue weighted by molar-refractivity contribution is 0.102. The van der Waals surface area contributed by atoms with E-state index in [9.17, 15) is 4.79 Å². The minimum atomic E-state index is -0.0648. The second kappa shape index (κ2) is 7.53. The monoisotopic (exact) mass is 350 g/mol. The average Bonchev–Trinajstić information content (AvgIpc) is 2.62. The van der Waals surface area contributed by atoms with Crippen LogP contribution in [0.5, 0.6) is 0 Å². The van der Waals surface area contributed by atoms with Crippen molar-refractivity contribution in [3.05, 3.63) is 59.7 Å². The van der Waals surface area contributed by atoms with Gasteiger partial charge in [-0.3, -0.25) is 4.79 Å². The van der Waals surface area contributed by atoms with Crippen LogP contribution in [-0.2, 0) is 5.41 Å². The van der Waals surface area contributed by atoms with Crippen molar-refractivity contribution < 1.29 is 4.79 Å². The van der Waals surface area contributed by atoms with E-state index in [-0.39, 0.29) is 11.3 Å². The number of nitrogens with zero attached hydrogens (tertiary/aromatic N) is 1. The number of nitrogens with one attached hydrogen (secondary N) is 1. The average molecular weight is 351 g/mol. The van der Waals surface area contributed by atoms with E-state index >= 15 is 0 Å². The summed E-state index contributed by atoms with van der Waals surface area (Å²) in [4.78, 5) is 14.9. The van der Waals surface area contributed by atoms with Crippen molar-refractivity contribution >= 4 is 17.3 Å². The largest absolute Gasteiger partial charge is 0.372 e. The van der Waals surface area contributed by atoms with Gasteiger partial charge in [0.15, 0.2) is 0 Å². The van der Waals surface area contributed by atoms with E-state index in [0.717, 1.165) is 24.7 Å². The summed E-state index contributed by atoms with van der Waals surface area (Å²) in [6, 6.07) is 16.1. The first-order valence-corrected chi connectivity index (χ1v) is 9.60. The maximum absolute atomic E-state index is 12.5. The van der Waals surface area contributed by atoms with Crippen molar-refractivity contribution in [3.8, 4) is 0 Å². The molecule has 1 N–H and O–H groups in total. The zero-order valence-corrected chi connectivity index (χ0v) is 16.4. The molecule has 3 heteroatoms. The summed E-state index contributed by atoms with van der Waals surface area (Å²) in [5, 5.41) is 3.00. The molecule has 0 aliphatic carbocycles. The van der Waals surface area contributed by atoms with Crippen LogP contribution in [-0.4, -0.2) is 19.0 Å². The van der Waals surface area contributed by atoms with Gasteiger partial charge < -0.3 is 10.2 Å². The van der Waals surface area contributed by atoms with Crippen LogP contribution in [0.4, 0.5) is 11.4 Å². The molecule has 1 heterocycles. The molecule has 0 atom stereocenters. The lowest BCUT2D eigenvalue weighted by Crippen LogP contribution is -2.32. The summed E-state index contributed by atoms with van der Waals surface area (Å²) >= 11 is 0. The van der Waals surface area contributed by atoms with Gasteiger partial charge in [-0.05, 0) is 66.1 Å². The van der Waals surface area contributed by atoms with Crippen LogP contribution in [0.25, 0.3) is 0 Å². The number of amides is 1. The van der Waals surface area contributed by atoms with Gasteiger partial charge in [0.25, 0.3) is 5.91 Å². The van der Waals surface area contributed by atoms with Gasteiger partial charge in [0.1, 0.15) is 0 Å². The highest BCUT2D eigenvalue weighted by Crippen LogP contribution is 2.25. The zero-order valence-electron chi connectivity index (χ0n) is 16.4. The standard InChI is InChI=1S/C23H30N2O/c1-17-13-15-25(16-14-17)21-11-9-20(10-12-21)24-22(26)18-5-7-19(8-6-18)23(2,3)4/h5-12,17H,13-16H2,1-4H3,(H,24,26). The number of piperidine rings is 1. The van der Waals surface area contributed by atoms with Crippen molar-refractivity contribution in [2.75, 3.05) is 23.3 Å². The molecule has 26 heavy (non-hydrogen) atoms. The maximum atomic E-state index is 12.5. The Hall–Kier alpha value is -2.29. The first-order valence-electron chi connectivity index (χ1n) is 9.60. The Morgan fingerprint density at radius 3 is 2.08 bits per heavy atom. The molecule has 0 saturated carbocycles. The summed E-state index contributed by atoms with van der Waals surface area (Å²) < 4.78 is 0. The summed E-state index contributed by atoms with van der Waals surface area (Å²) in [6.45, 7) is 11.1. The zero-order chi connectivity index (χ0) is 18.7. The highest BCUT2D eigenvalue weighted by Gasteiger charge is 2.16. The van der Waals surface area contributed by atoms with Gasteiger partial charge in [-0.25, -0.2) is 0 Å². The predicted octanol–water partition coefficient (Wildman–Crippen LogP) is 5.47. The molecule has 3 nitrogen and oxygen atoms in total. The van der Waals surface area contributed by atoms with E-state index in [4.69, 9.17) is 0 Å². The maximum Gasteiger partial charge on any atom is 0.255 e. The number of carbonyl (C=O) groups is 1. The van der Waals surface area contributed by atoms with E-state index in [1.165, 1.54) is 24.1 Å². The van der Waals surface area contributed by atoms with Gasteiger partial charge >= 0.3 is 0 Å². The van der Waals surface area contributed by atoms with Crippen LogP contribution in [0.2, 0.25) is 0 Å². The second-order valence-electron chi connectivity index (χ2n) is 8.50. The van der Waals surface area contributed by atoms with Crippen LogP contribution >= 0.6 is 0 Å². The quantitative estimate of drug-likeness (QED) is 0.796. The molecule has 2 aromatic carbocycles. The molecule has 0 radical (unpaired) electrons. The van der Waals surface area contributed by atoms with E-state index in [0.29, 0.717) is 5.56 Å². The van der Waals surface area contributed by atoms with Crippen LogP contribution in [0.3, 0.4) is 0 Å². The third-order valence-electron chi connectivity index (χ3n) is 5.29. The number of anilines is 2. The summed E-state index contributed by atoms with van der Waals surface area (Å²) in [5.41, 5.74) is 4.09. The Labute approximate surface area is 157 Å². The molecular formula is C23H30N2O. The summed E-state index contributed by atoms with van der Waals surface area (Å²) in [6.07, 6.45) is 2.51. The molecule has 3 rings (SSSR count). The van der Waals surface area contributed by atoms with Gasteiger partial charge in [-0.2, -0.15) is 0 Å². The van der Waals surface area contributed by atoms with Gasteiger partial charge in [0.2, 0.25) is 0 Å². The van der Waals surface area contributed by atoms with Crippen LogP contribution < -0.4 is 10.2 Å². The topological polar surface area (TPSA) is 32.3 Å². The number of carbonyl (C=O) groups excluding carboxylic acids is 1. The minimum Gasteiger partial charge on any atom is -0.372 e. The first kappa shape index (κ1) is 18.5. The number of benzene rings is 2. The van der Waals surface area contributed by atoms with Gasteiger partial charge in [-0.1, -0.05) is 39.8 Å². The van der Waals surface area contributed by atoms with Crippen LogP contribution in [0.1, 0.15) is 56.5 Å². The molecule has 0 aromatic heterocycles. The van der Waals surface area contributed by atoms with E-state index in [1.54, 1.807) is 0 Å². The predicted molar refractivity (Wildman–Crippen MR) is 110 cm³/mol.